The monoisotopic (exact) mass is 258 g/mol. The summed E-state index contributed by atoms with van der Waals surface area (Å²) in [5.74, 6) is 0.0189. The van der Waals surface area contributed by atoms with Crippen molar-refractivity contribution in [1.82, 2.24) is 0 Å². The molecule has 0 atom stereocenters. The van der Waals surface area contributed by atoms with E-state index in [2.05, 4.69) is 0 Å². The highest BCUT2D eigenvalue weighted by molar-refractivity contribution is 5.52. The molecule has 0 spiro atoms. The summed E-state index contributed by atoms with van der Waals surface area (Å²) in [5.41, 5.74) is -0.409. The molecule has 0 fully saturated rings. The van der Waals surface area contributed by atoms with E-state index in [0.717, 1.165) is 0 Å². The second-order valence-electron chi connectivity index (χ2n) is 3.61. The third kappa shape index (κ3) is 2.84. The van der Waals surface area contributed by atoms with Gasteiger partial charge in [-0.3, -0.25) is 10.1 Å². The van der Waals surface area contributed by atoms with E-state index in [9.17, 15) is 14.5 Å². The van der Waals surface area contributed by atoms with Crippen molar-refractivity contribution >= 4 is 5.69 Å². The lowest BCUT2D eigenvalue weighted by Crippen LogP contribution is -1.93. The highest BCUT2D eigenvalue weighted by atomic mass is 19.1. The Labute approximate surface area is 107 Å². The van der Waals surface area contributed by atoms with Crippen molar-refractivity contribution in [1.29, 1.82) is 5.26 Å². The van der Waals surface area contributed by atoms with Gasteiger partial charge in [0.25, 0.3) is 5.69 Å². The van der Waals surface area contributed by atoms with Crippen molar-refractivity contribution < 1.29 is 14.1 Å². The van der Waals surface area contributed by atoms with Crippen LogP contribution < -0.4 is 4.74 Å². The number of benzene rings is 2. The van der Waals surface area contributed by atoms with Gasteiger partial charge in [0.2, 0.25) is 0 Å². The Morgan fingerprint density at radius 1 is 1.21 bits per heavy atom. The molecule has 0 aliphatic rings. The number of nitro groups is 1. The summed E-state index contributed by atoms with van der Waals surface area (Å²) < 4.78 is 18.3. The fraction of sp³-hybridized carbons (Fsp3) is 0. The summed E-state index contributed by atoms with van der Waals surface area (Å²) in [4.78, 5) is 10.0. The Hall–Kier alpha value is -2.94. The lowest BCUT2D eigenvalue weighted by atomic mass is 10.2. The van der Waals surface area contributed by atoms with E-state index < -0.39 is 10.7 Å². The molecule has 0 radical (unpaired) electrons. The molecule has 0 aliphatic carbocycles. The van der Waals surface area contributed by atoms with Crippen LogP contribution in [-0.2, 0) is 0 Å². The van der Waals surface area contributed by atoms with Crippen molar-refractivity contribution in [3.8, 4) is 17.6 Å². The van der Waals surface area contributed by atoms with Gasteiger partial charge in [0, 0.05) is 18.2 Å². The number of nitro benzene ring substituents is 1. The molecule has 2 rings (SSSR count). The Kier molecular flexibility index (Phi) is 3.39. The van der Waals surface area contributed by atoms with Crippen LogP contribution in [-0.4, -0.2) is 4.92 Å². The standard InChI is InChI=1S/C13H7FN2O3/c14-10-2-1-3-11(7-10)19-12-4-5-13(16(17)18)9(6-12)8-15/h1-7H. The second kappa shape index (κ2) is 5.14. The molecular weight excluding hydrogens is 251 g/mol. The lowest BCUT2D eigenvalue weighted by molar-refractivity contribution is -0.385. The molecule has 0 aliphatic heterocycles. The van der Waals surface area contributed by atoms with Gasteiger partial charge in [-0.25, -0.2) is 4.39 Å². The van der Waals surface area contributed by atoms with Crippen LogP contribution in [0.15, 0.2) is 42.5 Å². The number of ether oxygens (including phenoxy) is 1. The van der Waals surface area contributed by atoms with E-state index >= 15 is 0 Å². The predicted octanol–water partition coefficient (Wildman–Crippen LogP) is 3.40. The zero-order chi connectivity index (χ0) is 13.8. The molecule has 94 valence electrons. The molecule has 0 saturated carbocycles. The van der Waals surface area contributed by atoms with Crippen LogP contribution in [0.2, 0.25) is 0 Å². The number of hydrogen-bond acceptors (Lipinski definition) is 4. The molecule has 0 unspecified atom stereocenters. The summed E-state index contributed by atoms with van der Waals surface area (Å²) in [5, 5.41) is 19.5. The number of halogens is 1. The average Bonchev–Trinajstić information content (AvgIpc) is 2.38. The lowest BCUT2D eigenvalue weighted by Gasteiger charge is -2.05. The van der Waals surface area contributed by atoms with Crippen LogP contribution >= 0.6 is 0 Å². The van der Waals surface area contributed by atoms with Gasteiger partial charge in [-0.1, -0.05) is 6.07 Å². The SMILES string of the molecule is N#Cc1cc(Oc2cccc(F)c2)ccc1[N+](=O)[O-]. The fourth-order valence-corrected chi connectivity index (χ4v) is 1.49. The van der Waals surface area contributed by atoms with Crippen LogP contribution in [0.25, 0.3) is 0 Å². The highest BCUT2D eigenvalue weighted by Gasteiger charge is 2.14. The van der Waals surface area contributed by atoms with E-state index in [-0.39, 0.29) is 22.7 Å². The molecule has 0 N–H and O–H groups in total. The first kappa shape index (κ1) is 12.5. The van der Waals surface area contributed by atoms with Gasteiger partial charge in [0.05, 0.1) is 4.92 Å². The van der Waals surface area contributed by atoms with E-state index in [1.165, 1.54) is 42.5 Å². The quantitative estimate of drug-likeness (QED) is 0.624. The molecule has 0 saturated heterocycles. The van der Waals surface area contributed by atoms with Gasteiger partial charge >= 0.3 is 0 Å². The Morgan fingerprint density at radius 2 is 1.95 bits per heavy atom. The molecule has 19 heavy (non-hydrogen) atoms. The topological polar surface area (TPSA) is 76.2 Å². The Bertz CT molecular complexity index is 680. The highest BCUT2D eigenvalue weighted by Crippen LogP contribution is 2.27. The maximum absolute atomic E-state index is 13.0. The van der Waals surface area contributed by atoms with Crippen LogP contribution in [0, 0.1) is 27.3 Å². The molecule has 5 nitrogen and oxygen atoms in total. The van der Waals surface area contributed by atoms with Crippen molar-refractivity contribution in [3.63, 3.8) is 0 Å². The summed E-state index contributed by atoms with van der Waals surface area (Å²) in [6, 6.07) is 10.9. The number of nitriles is 1. The van der Waals surface area contributed by atoms with E-state index in [4.69, 9.17) is 10.00 Å². The molecule has 2 aromatic carbocycles. The van der Waals surface area contributed by atoms with Crippen molar-refractivity contribution in [2.45, 2.75) is 0 Å². The minimum absolute atomic E-state index is 0.112. The third-order valence-electron chi connectivity index (χ3n) is 2.32. The smallest absolute Gasteiger partial charge is 0.287 e. The third-order valence-corrected chi connectivity index (χ3v) is 2.32. The van der Waals surface area contributed by atoms with Crippen molar-refractivity contribution in [2.75, 3.05) is 0 Å². The van der Waals surface area contributed by atoms with Crippen LogP contribution in [0.3, 0.4) is 0 Å². The first-order valence-corrected chi connectivity index (χ1v) is 5.22. The molecular formula is C13H7FN2O3. The summed E-state index contributed by atoms with van der Waals surface area (Å²) in [6.07, 6.45) is 0. The number of rotatable bonds is 3. The van der Waals surface area contributed by atoms with Gasteiger partial charge in [-0.05, 0) is 18.2 Å². The molecule has 2 aromatic rings. The van der Waals surface area contributed by atoms with Gasteiger partial charge < -0.3 is 4.74 Å². The fourth-order valence-electron chi connectivity index (χ4n) is 1.49. The first-order valence-electron chi connectivity index (χ1n) is 5.22. The maximum Gasteiger partial charge on any atom is 0.287 e. The largest absolute Gasteiger partial charge is 0.457 e. The minimum atomic E-state index is -0.648. The Morgan fingerprint density at radius 3 is 2.58 bits per heavy atom. The first-order chi connectivity index (χ1) is 9.10. The Balaban J connectivity index is 2.32. The average molecular weight is 258 g/mol. The van der Waals surface area contributed by atoms with Gasteiger partial charge in [-0.15, -0.1) is 0 Å². The van der Waals surface area contributed by atoms with Crippen LogP contribution in [0.5, 0.6) is 11.5 Å². The molecule has 6 heteroatoms. The molecule has 0 amide bonds. The molecule has 0 heterocycles. The van der Waals surface area contributed by atoms with Crippen molar-refractivity contribution in [3.05, 3.63) is 64.0 Å². The molecule has 0 aromatic heterocycles. The summed E-state index contributed by atoms with van der Waals surface area (Å²) >= 11 is 0. The zero-order valence-electron chi connectivity index (χ0n) is 9.54. The van der Waals surface area contributed by atoms with E-state index in [1.807, 2.05) is 0 Å². The predicted molar refractivity (Wildman–Crippen MR) is 64.3 cm³/mol. The number of hydrogen-bond donors (Lipinski definition) is 0. The maximum atomic E-state index is 13.0. The van der Waals surface area contributed by atoms with Gasteiger partial charge in [-0.2, -0.15) is 5.26 Å². The second-order valence-corrected chi connectivity index (χ2v) is 3.61. The van der Waals surface area contributed by atoms with Gasteiger partial charge in [0.15, 0.2) is 0 Å². The number of nitrogens with zero attached hydrogens (tertiary/aromatic N) is 2. The normalized spacial score (nSPS) is 9.68. The van der Waals surface area contributed by atoms with Gasteiger partial charge in [0.1, 0.15) is 28.9 Å². The van der Waals surface area contributed by atoms with E-state index in [0.29, 0.717) is 0 Å². The van der Waals surface area contributed by atoms with Crippen LogP contribution in [0.4, 0.5) is 10.1 Å². The van der Waals surface area contributed by atoms with E-state index in [1.54, 1.807) is 6.07 Å². The van der Waals surface area contributed by atoms with Crippen LogP contribution in [0.1, 0.15) is 5.56 Å². The summed E-state index contributed by atoms with van der Waals surface area (Å²) in [7, 11) is 0. The summed E-state index contributed by atoms with van der Waals surface area (Å²) in [6.45, 7) is 0. The molecule has 0 bridgehead atoms. The minimum Gasteiger partial charge on any atom is -0.457 e. The zero-order valence-corrected chi connectivity index (χ0v) is 9.54. The van der Waals surface area contributed by atoms with Crippen molar-refractivity contribution in [2.24, 2.45) is 0 Å².